The number of aryl methyl sites for hydroxylation is 1. The third-order valence-electron chi connectivity index (χ3n) is 2.69. The first-order valence-corrected chi connectivity index (χ1v) is 6.93. The van der Waals surface area contributed by atoms with Crippen LogP contribution in [0.3, 0.4) is 0 Å². The third-order valence-corrected chi connectivity index (χ3v) is 4.27. The van der Waals surface area contributed by atoms with Crippen LogP contribution in [0.25, 0.3) is 0 Å². The Hall–Kier alpha value is -1.07. The van der Waals surface area contributed by atoms with Gasteiger partial charge in [-0.2, -0.15) is 0 Å². The van der Waals surface area contributed by atoms with Crippen molar-refractivity contribution in [2.45, 2.75) is 19.8 Å². The van der Waals surface area contributed by atoms with Crippen LogP contribution < -0.4 is 0 Å². The lowest BCUT2D eigenvalue weighted by Gasteiger charge is -2.17. The van der Waals surface area contributed by atoms with Gasteiger partial charge in [0.1, 0.15) is 0 Å². The molecule has 0 radical (unpaired) electrons. The summed E-state index contributed by atoms with van der Waals surface area (Å²) in [5, 5.41) is 9.05. The molecular formula is C13H15BrClNO3. The summed E-state index contributed by atoms with van der Waals surface area (Å²) >= 11 is 9.35. The summed E-state index contributed by atoms with van der Waals surface area (Å²) in [6, 6.07) is 3.36. The largest absolute Gasteiger partial charge is 0.481 e. The molecule has 6 heteroatoms. The number of carbonyl (C=O) groups is 2. The van der Waals surface area contributed by atoms with Crippen LogP contribution in [-0.2, 0) is 4.79 Å². The molecule has 0 bridgehead atoms. The van der Waals surface area contributed by atoms with E-state index in [0.717, 1.165) is 10.0 Å². The molecule has 1 N–H and O–H groups in total. The Bertz CT molecular complexity index is 482. The first kappa shape index (κ1) is 16.0. The first-order chi connectivity index (χ1) is 8.82. The highest BCUT2D eigenvalue weighted by Gasteiger charge is 2.14. The number of nitrogens with zero attached hydrogens (tertiary/aromatic N) is 1. The van der Waals surface area contributed by atoms with Gasteiger partial charge in [0, 0.05) is 30.0 Å². The van der Waals surface area contributed by atoms with Crippen LogP contribution in [0.4, 0.5) is 0 Å². The van der Waals surface area contributed by atoms with Crippen molar-refractivity contribution >= 4 is 39.4 Å². The number of carboxylic acids is 1. The summed E-state index contributed by atoms with van der Waals surface area (Å²) in [7, 11) is 1.65. The van der Waals surface area contributed by atoms with Crippen LogP contribution in [0, 0.1) is 6.92 Å². The Balaban J connectivity index is 2.74. The Morgan fingerprint density at radius 3 is 2.58 bits per heavy atom. The lowest BCUT2D eigenvalue weighted by atomic mass is 10.1. The summed E-state index contributed by atoms with van der Waals surface area (Å²) < 4.78 is 0.777. The molecule has 0 aliphatic rings. The average Bonchev–Trinajstić information content (AvgIpc) is 2.33. The molecule has 0 unspecified atom stereocenters. The van der Waals surface area contributed by atoms with Crippen LogP contribution in [0.2, 0.25) is 5.02 Å². The number of rotatable bonds is 5. The van der Waals surface area contributed by atoms with Crippen LogP contribution in [-0.4, -0.2) is 35.5 Å². The number of aliphatic carboxylic acids is 1. The zero-order valence-corrected chi connectivity index (χ0v) is 13.1. The topological polar surface area (TPSA) is 57.6 Å². The summed E-state index contributed by atoms with van der Waals surface area (Å²) in [5.41, 5.74) is 1.39. The molecule has 1 rings (SSSR count). The number of carboxylic acid groups (broad SMARTS) is 1. The monoisotopic (exact) mass is 347 g/mol. The van der Waals surface area contributed by atoms with E-state index in [2.05, 4.69) is 15.9 Å². The molecule has 0 aliphatic heterocycles. The Kier molecular flexibility index (Phi) is 5.82. The SMILES string of the molecule is Cc1cc(C(=O)N(C)CCCC(=O)O)cc(Cl)c1Br. The highest BCUT2D eigenvalue weighted by atomic mass is 79.9. The number of hydrogen-bond acceptors (Lipinski definition) is 2. The van der Waals surface area contributed by atoms with Gasteiger partial charge < -0.3 is 10.0 Å². The molecule has 0 fully saturated rings. The minimum atomic E-state index is -0.858. The van der Waals surface area contributed by atoms with Crippen molar-refractivity contribution in [1.82, 2.24) is 4.90 Å². The molecule has 0 saturated heterocycles. The quantitative estimate of drug-likeness (QED) is 0.888. The van der Waals surface area contributed by atoms with Crippen LogP contribution in [0.1, 0.15) is 28.8 Å². The Morgan fingerprint density at radius 2 is 2.05 bits per heavy atom. The van der Waals surface area contributed by atoms with E-state index in [9.17, 15) is 9.59 Å². The van der Waals surface area contributed by atoms with Crippen molar-refractivity contribution in [1.29, 1.82) is 0 Å². The minimum absolute atomic E-state index is 0.0533. The van der Waals surface area contributed by atoms with Crippen molar-refractivity contribution in [3.05, 3.63) is 32.8 Å². The fourth-order valence-corrected chi connectivity index (χ4v) is 2.13. The second kappa shape index (κ2) is 6.91. The van der Waals surface area contributed by atoms with Gasteiger partial charge in [-0.05, 0) is 47.0 Å². The molecule has 0 atom stereocenters. The maximum Gasteiger partial charge on any atom is 0.303 e. The average molecular weight is 349 g/mol. The van der Waals surface area contributed by atoms with Crippen LogP contribution >= 0.6 is 27.5 Å². The van der Waals surface area contributed by atoms with Gasteiger partial charge in [-0.3, -0.25) is 9.59 Å². The van der Waals surface area contributed by atoms with E-state index in [1.54, 1.807) is 19.2 Å². The van der Waals surface area contributed by atoms with Gasteiger partial charge in [0.25, 0.3) is 5.91 Å². The Labute approximate surface area is 125 Å². The first-order valence-electron chi connectivity index (χ1n) is 5.76. The number of benzene rings is 1. The normalized spacial score (nSPS) is 10.3. The van der Waals surface area contributed by atoms with E-state index >= 15 is 0 Å². The molecule has 1 amide bonds. The van der Waals surface area contributed by atoms with Gasteiger partial charge in [-0.1, -0.05) is 11.6 Å². The molecule has 4 nitrogen and oxygen atoms in total. The zero-order valence-electron chi connectivity index (χ0n) is 10.7. The predicted molar refractivity (Wildman–Crippen MR) is 77.7 cm³/mol. The molecule has 104 valence electrons. The number of halogens is 2. The smallest absolute Gasteiger partial charge is 0.303 e. The van der Waals surface area contributed by atoms with E-state index in [-0.39, 0.29) is 12.3 Å². The lowest BCUT2D eigenvalue weighted by Crippen LogP contribution is -2.28. The van der Waals surface area contributed by atoms with Crippen molar-refractivity contribution in [2.75, 3.05) is 13.6 Å². The predicted octanol–water partition coefficient (Wildman–Crippen LogP) is 3.35. The molecule has 0 saturated carbocycles. The summed E-state index contributed by atoms with van der Waals surface area (Å²) in [6.45, 7) is 2.26. The molecule has 1 aromatic rings. The molecule has 0 heterocycles. The van der Waals surface area contributed by atoms with Gasteiger partial charge in [0.2, 0.25) is 0 Å². The fraction of sp³-hybridized carbons (Fsp3) is 0.385. The van der Waals surface area contributed by atoms with E-state index in [1.807, 2.05) is 6.92 Å². The van der Waals surface area contributed by atoms with Gasteiger partial charge in [0.15, 0.2) is 0 Å². The van der Waals surface area contributed by atoms with Crippen molar-refractivity contribution < 1.29 is 14.7 Å². The molecule has 0 aliphatic carbocycles. The lowest BCUT2D eigenvalue weighted by molar-refractivity contribution is -0.137. The molecule has 19 heavy (non-hydrogen) atoms. The molecule has 0 spiro atoms. The van der Waals surface area contributed by atoms with Crippen LogP contribution in [0.15, 0.2) is 16.6 Å². The maximum atomic E-state index is 12.1. The van der Waals surface area contributed by atoms with Crippen LogP contribution in [0.5, 0.6) is 0 Å². The van der Waals surface area contributed by atoms with Crippen molar-refractivity contribution in [3.63, 3.8) is 0 Å². The highest BCUT2D eigenvalue weighted by Crippen LogP contribution is 2.27. The Morgan fingerprint density at radius 1 is 1.42 bits per heavy atom. The van der Waals surface area contributed by atoms with Gasteiger partial charge in [0.05, 0.1) is 5.02 Å². The zero-order chi connectivity index (χ0) is 14.6. The standard InChI is InChI=1S/C13H15BrClNO3/c1-8-6-9(7-10(15)12(8)14)13(19)16(2)5-3-4-11(17)18/h6-7H,3-5H2,1-2H3,(H,17,18). The number of hydrogen-bond donors (Lipinski definition) is 1. The summed E-state index contributed by atoms with van der Waals surface area (Å²) in [6.07, 6.45) is 0.485. The van der Waals surface area contributed by atoms with E-state index in [0.29, 0.717) is 23.6 Å². The highest BCUT2D eigenvalue weighted by molar-refractivity contribution is 9.10. The number of amides is 1. The fourth-order valence-electron chi connectivity index (χ4n) is 1.64. The number of carbonyl (C=O) groups excluding carboxylic acids is 1. The molecule has 1 aromatic carbocycles. The van der Waals surface area contributed by atoms with Crippen molar-refractivity contribution in [2.24, 2.45) is 0 Å². The van der Waals surface area contributed by atoms with Crippen molar-refractivity contribution in [3.8, 4) is 0 Å². The van der Waals surface area contributed by atoms with Gasteiger partial charge in [-0.25, -0.2) is 0 Å². The molecular weight excluding hydrogens is 334 g/mol. The van der Waals surface area contributed by atoms with E-state index in [1.165, 1.54) is 4.90 Å². The molecule has 0 aromatic heterocycles. The maximum absolute atomic E-state index is 12.1. The minimum Gasteiger partial charge on any atom is -0.481 e. The van der Waals surface area contributed by atoms with E-state index < -0.39 is 5.97 Å². The second-order valence-electron chi connectivity index (χ2n) is 4.31. The third kappa shape index (κ3) is 4.51. The second-order valence-corrected chi connectivity index (χ2v) is 5.51. The summed E-state index contributed by atoms with van der Waals surface area (Å²) in [5.74, 6) is -1.02. The van der Waals surface area contributed by atoms with Gasteiger partial charge in [-0.15, -0.1) is 0 Å². The summed E-state index contributed by atoms with van der Waals surface area (Å²) in [4.78, 5) is 24.1. The van der Waals surface area contributed by atoms with E-state index in [4.69, 9.17) is 16.7 Å². The van der Waals surface area contributed by atoms with Gasteiger partial charge >= 0.3 is 5.97 Å².